The molecule has 5 rings (SSSR count). The number of ether oxygens (including phenoxy) is 1. The van der Waals surface area contributed by atoms with Crippen LogP contribution in [0.1, 0.15) is 68.4 Å². The lowest BCUT2D eigenvalue weighted by molar-refractivity contribution is -0.144. The molecule has 2 aliphatic carbocycles. The summed E-state index contributed by atoms with van der Waals surface area (Å²) in [5, 5.41) is 3.42. The van der Waals surface area contributed by atoms with E-state index in [1.807, 2.05) is 37.3 Å². The number of hydrogen-bond acceptors (Lipinski definition) is 5. The average molecular weight is 429 g/mol. The molecule has 5 nitrogen and oxygen atoms in total. The van der Waals surface area contributed by atoms with Crippen LogP contribution in [0.15, 0.2) is 77.4 Å². The summed E-state index contributed by atoms with van der Waals surface area (Å²) in [6.07, 6.45) is 8.62. The van der Waals surface area contributed by atoms with E-state index in [0.717, 1.165) is 49.1 Å². The molecule has 1 aliphatic heterocycles. The minimum Gasteiger partial charge on any atom is -0.459 e. The Balaban J connectivity index is 1.53. The zero-order valence-corrected chi connectivity index (χ0v) is 18.3. The lowest BCUT2D eigenvalue weighted by Crippen LogP contribution is -2.36. The van der Waals surface area contributed by atoms with E-state index in [0.29, 0.717) is 17.6 Å². The molecule has 0 bridgehead atoms. The first-order valence-corrected chi connectivity index (χ1v) is 11.5. The maximum absolute atomic E-state index is 13.5. The number of rotatable bonds is 4. The molecular weight excluding hydrogens is 400 g/mol. The molecule has 1 aromatic carbocycles. The molecule has 5 heteroatoms. The molecule has 2 aromatic rings. The third kappa shape index (κ3) is 3.88. The fourth-order valence-electron chi connectivity index (χ4n) is 5.37. The van der Waals surface area contributed by atoms with E-state index in [1.165, 1.54) is 5.56 Å². The van der Waals surface area contributed by atoms with Gasteiger partial charge in [0.05, 0.1) is 5.57 Å². The molecule has 2 unspecified atom stereocenters. The van der Waals surface area contributed by atoms with Gasteiger partial charge in [0.25, 0.3) is 0 Å². The Labute approximate surface area is 188 Å². The first-order valence-electron chi connectivity index (χ1n) is 11.5. The zero-order chi connectivity index (χ0) is 22.1. The second-order valence-corrected chi connectivity index (χ2v) is 9.03. The molecule has 164 valence electrons. The molecule has 1 saturated carbocycles. The van der Waals surface area contributed by atoms with E-state index < -0.39 is 5.92 Å². The van der Waals surface area contributed by atoms with Gasteiger partial charge in [0, 0.05) is 41.7 Å². The number of carbonyl (C=O) groups is 2. The van der Waals surface area contributed by atoms with Crippen molar-refractivity contribution in [3.05, 3.63) is 88.5 Å². The number of esters is 1. The van der Waals surface area contributed by atoms with Crippen LogP contribution in [0.4, 0.5) is 0 Å². The van der Waals surface area contributed by atoms with Crippen molar-refractivity contribution in [2.24, 2.45) is 0 Å². The summed E-state index contributed by atoms with van der Waals surface area (Å²) in [7, 11) is 0. The largest absolute Gasteiger partial charge is 0.459 e. The number of nitrogens with one attached hydrogen (secondary N) is 1. The standard InChI is InChI=1S/C27H28N2O3/c1-17-24(27(31)32-21-11-5-6-12-21)25(19-10-7-13-28-16-19)26-22(29-17)14-20(15-23(26)30)18-8-3-2-4-9-18/h2-4,7-10,13,16,20-21,25,29H,5-6,11-12,14-15H2,1H3. The zero-order valence-electron chi connectivity index (χ0n) is 18.3. The Bertz CT molecular complexity index is 1080. The summed E-state index contributed by atoms with van der Waals surface area (Å²) < 4.78 is 5.89. The molecule has 2 heterocycles. The summed E-state index contributed by atoms with van der Waals surface area (Å²) in [6, 6.07) is 14.0. The van der Waals surface area contributed by atoms with Crippen molar-refractivity contribution in [2.45, 2.75) is 63.4 Å². The topological polar surface area (TPSA) is 68.3 Å². The van der Waals surface area contributed by atoms with Crippen LogP contribution in [0.5, 0.6) is 0 Å². The molecular formula is C27H28N2O3. The molecule has 3 aliphatic rings. The Morgan fingerprint density at radius 3 is 2.50 bits per heavy atom. The van der Waals surface area contributed by atoms with Gasteiger partial charge in [-0.2, -0.15) is 0 Å². The van der Waals surface area contributed by atoms with E-state index in [4.69, 9.17) is 4.74 Å². The second-order valence-electron chi connectivity index (χ2n) is 9.03. The average Bonchev–Trinajstić information content (AvgIpc) is 3.32. The lowest BCUT2D eigenvalue weighted by Gasteiger charge is -2.36. The highest BCUT2D eigenvalue weighted by Crippen LogP contribution is 2.45. The predicted molar refractivity (Wildman–Crippen MR) is 122 cm³/mol. The number of hydrogen-bond donors (Lipinski definition) is 1. The number of Topliss-reactive ketones (excluding diaryl/α,β-unsaturated/α-hetero) is 1. The minimum absolute atomic E-state index is 0.0303. The molecule has 0 spiro atoms. The van der Waals surface area contributed by atoms with Crippen molar-refractivity contribution < 1.29 is 14.3 Å². The van der Waals surface area contributed by atoms with Crippen LogP contribution in [0.2, 0.25) is 0 Å². The molecule has 0 saturated heterocycles. The number of nitrogens with zero attached hydrogens (tertiary/aromatic N) is 1. The highest BCUT2D eigenvalue weighted by atomic mass is 16.5. The van der Waals surface area contributed by atoms with Crippen LogP contribution in [-0.2, 0) is 14.3 Å². The summed E-state index contributed by atoms with van der Waals surface area (Å²) >= 11 is 0. The third-order valence-corrected chi connectivity index (χ3v) is 6.91. The Hall–Kier alpha value is -3.21. The van der Waals surface area contributed by atoms with Crippen molar-refractivity contribution in [2.75, 3.05) is 0 Å². The SMILES string of the molecule is CC1=C(C(=O)OC2CCCC2)C(c2cccnc2)C2=C(CC(c3ccccc3)CC2=O)N1. The van der Waals surface area contributed by atoms with E-state index in [1.54, 1.807) is 12.4 Å². The number of carbonyl (C=O) groups excluding carboxylic acids is 2. The van der Waals surface area contributed by atoms with Gasteiger partial charge in [0.1, 0.15) is 6.10 Å². The van der Waals surface area contributed by atoms with Gasteiger partial charge in [0.15, 0.2) is 5.78 Å². The van der Waals surface area contributed by atoms with Crippen LogP contribution < -0.4 is 5.32 Å². The van der Waals surface area contributed by atoms with Crippen LogP contribution >= 0.6 is 0 Å². The van der Waals surface area contributed by atoms with Crippen molar-refractivity contribution in [1.29, 1.82) is 0 Å². The smallest absolute Gasteiger partial charge is 0.337 e. The van der Waals surface area contributed by atoms with E-state index in [9.17, 15) is 9.59 Å². The highest BCUT2D eigenvalue weighted by molar-refractivity contribution is 6.04. The summed E-state index contributed by atoms with van der Waals surface area (Å²) in [5.41, 5.74) is 4.93. The van der Waals surface area contributed by atoms with Gasteiger partial charge in [-0.15, -0.1) is 0 Å². The van der Waals surface area contributed by atoms with Gasteiger partial charge in [-0.25, -0.2) is 4.79 Å². The first kappa shape index (κ1) is 20.7. The molecule has 1 aromatic heterocycles. The quantitative estimate of drug-likeness (QED) is 0.700. The van der Waals surface area contributed by atoms with Crippen molar-refractivity contribution in [3.8, 4) is 0 Å². The number of allylic oxidation sites excluding steroid dienone is 3. The van der Waals surface area contributed by atoms with E-state index in [2.05, 4.69) is 22.4 Å². The summed E-state index contributed by atoms with van der Waals surface area (Å²) in [6.45, 7) is 1.91. The number of pyridine rings is 1. The second kappa shape index (κ2) is 8.73. The highest BCUT2D eigenvalue weighted by Gasteiger charge is 2.42. The van der Waals surface area contributed by atoms with E-state index in [-0.39, 0.29) is 23.8 Å². The fourth-order valence-corrected chi connectivity index (χ4v) is 5.37. The molecule has 0 amide bonds. The van der Waals surface area contributed by atoms with Gasteiger partial charge < -0.3 is 10.1 Å². The van der Waals surface area contributed by atoms with Crippen molar-refractivity contribution in [1.82, 2.24) is 10.3 Å². The normalized spacial score (nSPS) is 23.7. The van der Waals surface area contributed by atoms with Crippen LogP contribution in [0.25, 0.3) is 0 Å². The first-order chi connectivity index (χ1) is 15.6. The summed E-state index contributed by atoms with van der Waals surface area (Å²) in [4.78, 5) is 31.1. The van der Waals surface area contributed by atoms with Crippen LogP contribution in [0, 0.1) is 0 Å². The minimum atomic E-state index is -0.446. The predicted octanol–water partition coefficient (Wildman–Crippen LogP) is 4.93. The monoisotopic (exact) mass is 428 g/mol. The number of aromatic nitrogens is 1. The van der Waals surface area contributed by atoms with Gasteiger partial charge in [0.2, 0.25) is 0 Å². The third-order valence-electron chi connectivity index (χ3n) is 6.91. The molecule has 2 atom stereocenters. The fraction of sp³-hybridized carbons (Fsp3) is 0.370. The Kier molecular flexibility index (Phi) is 5.64. The molecule has 0 radical (unpaired) electrons. The van der Waals surface area contributed by atoms with Gasteiger partial charge in [-0.05, 0) is 62.1 Å². The Morgan fingerprint density at radius 1 is 1.03 bits per heavy atom. The maximum atomic E-state index is 13.5. The summed E-state index contributed by atoms with van der Waals surface area (Å²) in [5.74, 6) is -0.553. The van der Waals surface area contributed by atoms with E-state index >= 15 is 0 Å². The van der Waals surface area contributed by atoms with Gasteiger partial charge in [-0.3, -0.25) is 9.78 Å². The number of ketones is 1. The number of benzene rings is 1. The molecule has 1 N–H and O–H groups in total. The van der Waals surface area contributed by atoms with Crippen molar-refractivity contribution >= 4 is 11.8 Å². The lowest BCUT2D eigenvalue weighted by atomic mass is 9.72. The maximum Gasteiger partial charge on any atom is 0.337 e. The van der Waals surface area contributed by atoms with Crippen LogP contribution in [-0.4, -0.2) is 22.8 Å². The Morgan fingerprint density at radius 2 is 1.78 bits per heavy atom. The van der Waals surface area contributed by atoms with Gasteiger partial charge >= 0.3 is 5.97 Å². The molecule has 1 fully saturated rings. The molecule has 32 heavy (non-hydrogen) atoms. The van der Waals surface area contributed by atoms with Gasteiger partial charge in [-0.1, -0.05) is 36.4 Å². The van der Waals surface area contributed by atoms with Crippen LogP contribution in [0.3, 0.4) is 0 Å². The number of dihydropyridines is 1. The van der Waals surface area contributed by atoms with Crippen molar-refractivity contribution in [3.63, 3.8) is 0 Å².